The highest BCUT2D eigenvalue weighted by atomic mass is 35.5. The normalized spacial score (nSPS) is 18.7. The van der Waals surface area contributed by atoms with E-state index in [9.17, 15) is 14.0 Å². The van der Waals surface area contributed by atoms with Crippen LogP contribution >= 0.6 is 34.5 Å². The second kappa shape index (κ2) is 23.0. The van der Waals surface area contributed by atoms with Crippen molar-refractivity contribution >= 4 is 62.3 Å². The van der Waals surface area contributed by atoms with E-state index in [1.165, 1.54) is 29.8 Å². The van der Waals surface area contributed by atoms with Gasteiger partial charge >= 0.3 is 11.9 Å². The van der Waals surface area contributed by atoms with E-state index >= 15 is 0 Å². The monoisotopic (exact) mass is 1090 g/mol. The number of hydrogen-bond donors (Lipinski definition) is 0. The summed E-state index contributed by atoms with van der Waals surface area (Å²) in [5.74, 6) is 0.959. The molecule has 0 radical (unpaired) electrons. The third-order valence-corrected chi connectivity index (χ3v) is 15.6. The van der Waals surface area contributed by atoms with Crippen LogP contribution in [0, 0.1) is 25.6 Å². The van der Waals surface area contributed by atoms with Crippen LogP contribution in [0.4, 0.5) is 4.39 Å². The number of piperazine rings is 1. The first-order chi connectivity index (χ1) is 36.2. The highest BCUT2D eigenvalue weighted by molar-refractivity contribution is 7.22. The van der Waals surface area contributed by atoms with Gasteiger partial charge in [0.2, 0.25) is 12.0 Å². The number of hydrogen-bond acceptors (Lipinski definition) is 15. The Morgan fingerprint density at radius 2 is 1.61 bits per heavy atom. The molecule has 402 valence electrons. The van der Waals surface area contributed by atoms with Gasteiger partial charge in [0.05, 0.1) is 21.1 Å². The lowest BCUT2D eigenvalue weighted by Crippen LogP contribution is -2.49. The maximum atomic E-state index is 14.6. The van der Waals surface area contributed by atoms with Gasteiger partial charge in [-0.3, -0.25) is 9.69 Å². The molecule has 6 heterocycles. The molecule has 0 unspecified atom stereocenters. The van der Waals surface area contributed by atoms with Crippen LogP contribution in [0.25, 0.3) is 37.4 Å². The number of benzene rings is 3. The Balaban J connectivity index is 1.12. The third-order valence-electron chi connectivity index (χ3n) is 13.5. The van der Waals surface area contributed by atoms with Crippen molar-refractivity contribution in [3.8, 4) is 44.7 Å². The molecule has 1 aliphatic carbocycles. The van der Waals surface area contributed by atoms with Crippen LogP contribution in [-0.2, 0) is 32.1 Å². The molecule has 0 N–H and O–H groups in total. The molecule has 0 saturated carbocycles. The molecule has 76 heavy (non-hydrogen) atoms. The van der Waals surface area contributed by atoms with Crippen molar-refractivity contribution in [3.05, 3.63) is 111 Å². The molecule has 4 bridgehead atoms. The number of rotatable bonds is 10. The largest absolute Gasteiger partial charge is 0.490 e. The Morgan fingerprint density at radius 1 is 0.882 bits per heavy atom. The second-order valence-corrected chi connectivity index (χ2v) is 23.6. The van der Waals surface area contributed by atoms with E-state index in [2.05, 4.69) is 27.9 Å². The Kier molecular flexibility index (Phi) is 16.6. The Morgan fingerprint density at radius 3 is 2.29 bits per heavy atom. The predicted octanol–water partition coefficient (Wildman–Crippen LogP) is 12.1. The van der Waals surface area contributed by atoms with E-state index in [0.29, 0.717) is 95.4 Å². The minimum absolute atomic E-state index is 0.0329. The molecule has 4 aliphatic rings. The van der Waals surface area contributed by atoms with Crippen LogP contribution in [0.2, 0.25) is 10.0 Å². The average molecular weight is 1100 g/mol. The van der Waals surface area contributed by atoms with E-state index < -0.39 is 29.4 Å². The number of esters is 2. The van der Waals surface area contributed by atoms with Crippen molar-refractivity contribution in [3.63, 3.8) is 0 Å². The second-order valence-electron chi connectivity index (χ2n) is 21.8. The smallest absolute Gasteiger partial charge is 0.348 e. The number of nitrogens with zero attached hydrogens (tertiary/aromatic N) is 6. The summed E-state index contributed by atoms with van der Waals surface area (Å²) in [7, 11) is 2.11. The highest BCUT2D eigenvalue weighted by Gasteiger charge is 2.34. The first-order valence-electron chi connectivity index (χ1n) is 25.8. The summed E-state index contributed by atoms with van der Waals surface area (Å²) < 4.78 is 53.3. The molecule has 0 spiro atoms. The number of halogens is 3. The van der Waals surface area contributed by atoms with E-state index in [-0.39, 0.29) is 43.2 Å². The van der Waals surface area contributed by atoms with Crippen LogP contribution in [0.5, 0.6) is 23.1 Å². The number of fused-ring (bicyclic) bond motifs is 7. The summed E-state index contributed by atoms with van der Waals surface area (Å²) in [6.07, 6.45) is 6.00. The predicted molar refractivity (Wildman–Crippen MR) is 294 cm³/mol. The standard InChI is InChI=1S/C58H65Cl2FN6O8S/c1-33-46-34(2)50(60)51(49(33)59)72-42(29-67-24-22-66(9)23-25-67)31-70-41-18-19-43(71-30-40-20-21-62-53(65-40)37-12-10-35(11-13-37)26-45(68)74-57(3,4)5)38(27-41)28-44(56(69)75-58(6,7)8)73-54-48-47(46)52(76-55(48)64-32-63-54)36-14-16-39(61)17-15-36/h12,14-21,27,32,35,42,44H,10-11,13,22-26,28-31H2,1-9H3/t35-,42-,44-/m1/s1. The Bertz CT molecular complexity index is 3120. The van der Waals surface area contributed by atoms with Crippen molar-refractivity contribution < 1.29 is 42.4 Å². The number of carbonyl (C=O) groups excluding carboxylic acids is 2. The van der Waals surface area contributed by atoms with Gasteiger partial charge in [0, 0.05) is 67.8 Å². The lowest BCUT2D eigenvalue weighted by Gasteiger charge is -2.35. The maximum absolute atomic E-state index is 14.6. The molecule has 18 heteroatoms. The van der Waals surface area contributed by atoms with E-state index in [1.807, 2.05) is 58.9 Å². The van der Waals surface area contributed by atoms with Crippen LogP contribution in [0.3, 0.4) is 0 Å². The molecule has 3 aliphatic heterocycles. The molecule has 3 atom stereocenters. The van der Waals surface area contributed by atoms with Gasteiger partial charge in [0.25, 0.3) is 0 Å². The van der Waals surface area contributed by atoms with Gasteiger partial charge in [-0.25, -0.2) is 29.1 Å². The van der Waals surface area contributed by atoms with Crippen LogP contribution in [0.1, 0.15) is 95.4 Å². The van der Waals surface area contributed by atoms with Gasteiger partial charge in [0.1, 0.15) is 59.0 Å². The topological polar surface area (TPSA) is 148 Å². The number of ether oxygens (including phenoxy) is 6. The molecule has 1 fully saturated rings. The first-order valence-corrected chi connectivity index (χ1v) is 27.3. The summed E-state index contributed by atoms with van der Waals surface area (Å²) in [5, 5.41) is 1.13. The quantitative estimate of drug-likeness (QED) is 0.120. The third kappa shape index (κ3) is 13.1. The van der Waals surface area contributed by atoms with Gasteiger partial charge in [-0.15, -0.1) is 11.3 Å². The van der Waals surface area contributed by atoms with E-state index in [0.717, 1.165) is 55.9 Å². The zero-order valence-corrected chi connectivity index (χ0v) is 46.9. The van der Waals surface area contributed by atoms with E-state index in [4.69, 9.17) is 66.6 Å². The lowest BCUT2D eigenvalue weighted by atomic mass is 9.87. The minimum Gasteiger partial charge on any atom is -0.490 e. The number of likely N-dealkylation sites (N-methyl/N-ethyl adjacent to an activating group) is 1. The van der Waals surface area contributed by atoms with Crippen LogP contribution in [-0.4, -0.2) is 111 Å². The SMILES string of the molecule is Cc1c(Cl)c2c(Cl)c(C)c1-c1c(-c3ccc(F)cc3)sc3ncnc(c13)O[C@@H](C(=O)OC(C)(C)C)Cc1cc(ccc1OCc1ccnc(C3=CC[C@@H](CC(=O)OC(C)(C)C)CC3)n1)OC[C@@H](CN1CCN(C)CC1)O2. The molecular formula is C58H65Cl2FN6O8S. The minimum atomic E-state index is -1.28. The molecule has 0 amide bonds. The molecule has 1 saturated heterocycles. The van der Waals surface area contributed by atoms with Gasteiger partial charge in [-0.1, -0.05) is 41.4 Å². The number of thiophene rings is 1. The average Bonchev–Trinajstić information content (AvgIpc) is 3.88. The van der Waals surface area contributed by atoms with E-state index in [1.54, 1.807) is 39.1 Å². The fraction of sp³-hybridized carbons (Fsp3) is 0.448. The summed E-state index contributed by atoms with van der Waals surface area (Å²) in [5.41, 5.74) is 4.22. The van der Waals surface area contributed by atoms with Gasteiger partial charge in [-0.05, 0) is 152 Å². The molecule has 3 aromatic heterocycles. The van der Waals surface area contributed by atoms with Gasteiger partial charge < -0.3 is 33.3 Å². The van der Waals surface area contributed by atoms with Crippen LogP contribution in [0.15, 0.2) is 67.1 Å². The lowest BCUT2D eigenvalue weighted by molar-refractivity contribution is -0.163. The van der Waals surface area contributed by atoms with Crippen molar-refractivity contribution in [2.75, 3.05) is 46.4 Å². The molecule has 10 rings (SSSR count). The summed E-state index contributed by atoms with van der Waals surface area (Å²) in [4.78, 5) is 52.1. The number of aromatic nitrogens is 4. The Hall–Kier alpha value is -5.91. The number of allylic oxidation sites excluding steroid dienone is 2. The van der Waals surface area contributed by atoms with Gasteiger partial charge in [0.15, 0.2) is 11.6 Å². The van der Waals surface area contributed by atoms with Crippen molar-refractivity contribution in [2.45, 2.75) is 118 Å². The molecule has 14 nitrogen and oxygen atoms in total. The fourth-order valence-corrected chi connectivity index (χ4v) is 11.4. The van der Waals surface area contributed by atoms with Crippen molar-refractivity contribution in [1.82, 2.24) is 29.7 Å². The Labute approximate surface area is 457 Å². The number of carbonyl (C=O) groups is 2. The summed E-state index contributed by atoms with van der Waals surface area (Å²) in [6.45, 7) is 19.0. The molecule has 3 aromatic carbocycles. The fourth-order valence-electron chi connectivity index (χ4n) is 9.75. The van der Waals surface area contributed by atoms with Crippen LogP contribution < -0.4 is 18.9 Å². The molecule has 6 aromatic rings. The summed E-state index contributed by atoms with van der Waals surface area (Å²) in [6, 6.07) is 13.5. The summed E-state index contributed by atoms with van der Waals surface area (Å²) >= 11 is 16.2. The first kappa shape index (κ1) is 54.9. The van der Waals surface area contributed by atoms with Gasteiger partial charge in [-0.2, -0.15) is 0 Å². The highest BCUT2D eigenvalue weighted by Crippen LogP contribution is 2.53. The zero-order chi connectivity index (χ0) is 54.1. The zero-order valence-electron chi connectivity index (χ0n) is 44.6. The van der Waals surface area contributed by atoms with Crippen molar-refractivity contribution in [1.29, 1.82) is 0 Å². The molecular weight excluding hydrogens is 1030 g/mol. The van der Waals surface area contributed by atoms with Crippen molar-refractivity contribution in [2.24, 2.45) is 5.92 Å². The maximum Gasteiger partial charge on any atom is 0.348 e.